The van der Waals surface area contributed by atoms with Gasteiger partial charge in [0.2, 0.25) is 0 Å². The van der Waals surface area contributed by atoms with E-state index in [-0.39, 0.29) is 6.10 Å². The molecule has 118 valence electrons. The number of aliphatic hydroxyl groups is 1. The fourth-order valence-electron chi connectivity index (χ4n) is 4.07. The van der Waals surface area contributed by atoms with E-state index in [0.717, 1.165) is 25.4 Å². The second-order valence-corrected chi connectivity index (χ2v) is 6.93. The van der Waals surface area contributed by atoms with Gasteiger partial charge in [0.25, 0.3) is 0 Å². The van der Waals surface area contributed by atoms with Gasteiger partial charge in [-0.05, 0) is 44.6 Å². The molecule has 1 heterocycles. The molecule has 2 fully saturated rings. The number of nitrogens with one attached hydrogen (secondary N) is 1. The highest BCUT2D eigenvalue weighted by Crippen LogP contribution is 2.24. The van der Waals surface area contributed by atoms with Crippen LogP contribution < -0.4 is 5.32 Å². The molecule has 0 spiro atoms. The molecular formula is C17H34N2O. The molecule has 1 aliphatic heterocycles. The van der Waals surface area contributed by atoms with Crippen molar-refractivity contribution < 1.29 is 5.11 Å². The second kappa shape index (κ2) is 8.35. The van der Waals surface area contributed by atoms with Crippen LogP contribution >= 0.6 is 0 Å². The molecule has 0 bridgehead atoms. The summed E-state index contributed by atoms with van der Waals surface area (Å²) in [5.41, 5.74) is 0. The van der Waals surface area contributed by atoms with Crippen LogP contribution in [0.15, 0.2) is 0 Å². The summed E-state index contributed by atoms with van der Waals surface area (Å²) in [4.78, 5) is 2.56. The van der Waals surface area contributed by atoms with E-state index in [1.54, 1.807) is 0 Å². The maximum atomic E-state index is 10.2. The summed E-state index contributed by atoms with van der Waals surface area (Å²) >= 11 is 0. The van der Waals surface area contributed by atoms with Crippen LogP contribution in [0.5, 0.6) is 0 Å². The van der Waals surface area contributed by atoms with Crippen molar-refractivity contribution in [3.05, 3.63) is 0 Å². The number of piperidine rings is 1. The maximum absolute atomic E-state index is 10.2. The molecule has 0 amide bonds. The van der Waals surface area contributed by atoms with Crippen molar-refractivity contribution in [3.8, 4) is 0 Å². The monoisotopic (exact) mass is 282 g/mol. The molecule has 2 N–H and O–H groups in total. The fourth-order valence-corrected chi connectivity index (χ4v) is 4.07. The minimum Gasteiger partial charge on any atom is -0.393 e. The maximum Gasteiger partial charge on any atom is 0.0578 e. The van der Waals surface area contributed by atoms with Crippen molar-refractivity contribution in [1.29, 1.82) is 0 Å². The zero-order valence-electron chi connectivity index (χ0n) is 13.5. The van der Waals surface area contributed by atoms with Crippen LogP contribution in [0.3, 0.4) is 0 Å². The Morgan fingerprint density at radius 1 is 1.10 bits per heavy atom. The number of nitrogens with zero attached hydrogens (tertiary/aromatic N) is 1. The topological polar surface area (TPSA) is 35.5 Å². The lowest BCUT2D eigenvalue weighted by Crippen LogP contribution is -2.54. The van der Waals surface area contributed by atoms with E-state index in [9.17, 15) is 5.11 Å². The number of hydrogen-bond acceptors (Lipinski definition) is 3. The Labute approximate surface area is 125 Å². The van der Waals surface area contributed by atoms with Gasteiger partial charge < -0.3 is 15.3 Å². The molecule has 1 aliphatic carbocycles. The molecular weight excluding hydrogens is 248 g/mol. The third kappa shape index (κ3) is 4.71. The number of hydrogen-bond donors (Lipinski definition) is 2. The summed E-state index contributed by atoms with van der Waals surface area (Å²) in [6.45, 7) is 7.80. The Morgan fingerprint density at radius 3 is 2.50 bits per heavy atom. The standard InChI is InChI=1S/C17H34N2O/c1-3-10-19-12-14(17(20)4-2)11-16(13-19)18-15-8-6-5-7-9-15/h14-18,20H,3-13H2,1-2H3. The quantitative estimate of drug-likeness (QED) is 0.786. The summed E-state index contributed by atoms with van der Waals surface area (Å²) in [7, 11) is 0. The molecule has 20 heavy (non-hydrogen) atoms. The van der Waals surface area contributed by atoms with Crippen LogP contribution in [0.2, 0.25) is 0 Å². The molecule has 1 saturated heterocycles. The highest BCUT2D eigenvalue weighted by Gasteiger charge is 2.31. The minimum atomic E-state index is -0.120. The van der Waals surface area contributed by atoms with Crippen molar-refractivity contribution in [3.63, 3.8) is 0 Å². The van der Waals surface area contributed by atoms with Crippen molar-refractivity contribution in [1.82, 2.24) is 10.2 Å². The summed E-state index contributed by atoms with van der Waals surface area (Å²) < 4.78 is 0. The van der Waals surface area contributed by atoms with E-state index in [0.29, 0.717) is 12.0 Å². The molecule has 3 atom stereocenters. The first-order valence-electron chi connectivity index (χ1n) is 8.89. The SMILES string of the molecule is CCCN1CC(NC2CCCCC2)CC(C(O)CC)C1. The Kier molecular flexibility index (Phi) is 6.79. The minimum absolute atomic E-state index is 0.120. The predicted molar refractivity (Wildman–Crippen MR) is 84.9 cm³/mol. The van der Waals surface area contributed by atoms with Gasteiger partial charge in [0.05, 0.1) is 6.10 Å². The Morgan fingerprint density at radius 2 is 1.85 bits per heavy atom. The summed E-state index contributed by atoms with van der Waals surface area (Å²) in [5, 5.41) is 14.1. The first-order chi connectivity index (χ1) is 9.72. The van der Waals surface area contributed by atoms with Crippen molar-refractivity contribution >= 4 is 0 Å². The van der Waals surface area contributed by atoms with E-state index < -0.39 is 0 Å². The lowest BCUT2D eigenvalue weighted by atomic mass is 9.87. The molecule has 0 aromatic heterocycles. The highest BCUT2D eigenvalue weighted by atomic mass is 16.3. The fraction of sp³-hybridized carbons (Fsp3) is 1.00. The van der Waals surface area contributed by atoms with Gasteiger partial charge in [-0.3, -0.25) is 0 Å². The van der Waals surface area contributed by atoms with Crippen LogP contribution in [-0.4, -0.2) is 47.8 Å². The van der Waals surface area contributed by atoms with Gasteiger partial charge in [0.15, 0.2) is 0 Å². The number of likely N-dealkylation sites (tertiary alicyclic amines) is 1. The lowest BCUT2D eigenvalue weighted by Gasteiger charge is -2.41. The first-order valence-corrected chi connectivity index (χ1v) is 8.89. The molecule has 3 unspecified atom stereocenters. The second-order valence-electron chi connectivity index (χ2n) is 6.93. The van der Waals surface area contributed by atoms with E-state index in [1.165, 1.54) is 51.6 Å². The zero-order chi connectivity index (χ0) is 14.4. The number of aliphatic hydroxyl groups excluding tert-OH is 1. The van der Waals surface area contributed by atoms with Gasteiger partial charge in [0.1, 0.15) is 0 Å². The van der Waals surface area contributed by atoms with Crippen LogP contribution in [-0.2, 0) is 0 Å². The summed E-state index contributed by atoms with van der Waals surface area (Å²) in [5.74, 6) is 0.460. The van der Waals surface area contributed by atoms with Gasteiger partial charge in [-0.2, -0.15) is 0 Å². The van der Waals surface area contributed by atoms with Crippen LogP contribution in [0.4, 0.5) is 0 Å². The van der Waals surface area contributed by atoms with Gasteiger partial charge in [-0.15, -0.1) is 0 Å². The van der Waals surface area contributed by atoms with Crippen molar-refractivity contribution in [2.45, 2.75) is 83.4 Å². The van der Waals surface area contributed by atoms with Crippen LogP contribution in [0.1, 0.15) is 65.2 Å². The highest BCUT2D eigenvalue weighted by molar-refractivity contribution is 4.88. The summed E-state index contributed by atoms with van der Waals surface area (Å²) in [6.07, 6.45) is 10.1. The smallest absolute Gasteiger partial charge is 0.0578 e. The van der Waals surface area contributed by atoms with E-state index in [1.807, 2.05) is 0 Å². The molecule has 0 aromatic carbocycles. The van der Waals surface area contributed by atoms with Gasteiger partial charge in [-0.25, -0.2) is 0 Å². The van der Waals surface area contributed by atoms with Crippen molar-refractivity contribution in [2.24, 2.45) is 5.92 Å². The van der Waals surface area contributed by atoms with E-state index in [4.69, 9.17) is 0 Å². The zero-order valence-corrected chi connectivity index (χ0v) is 13.5. The first kappa shape index (κ1) is 16.3. The molecule has 2 aliphatic rings. The Balaban J connectivity index is 1.88. The van der Waals surface area contributed by atoms with Crippen molar-refractivity contribution in [2.75, 3.05) is 19.6 Å². The third-order valence-corrected chi connectivity index (χ3v) is 5.14. The summed E-state index contributed by atoms with van der Waals surface area (Å²) in [6, 6.07) is 1.32. The molecule has 0 aromatic rings. The average molecular weight is 282 g/mol. The Bertz CT molecular complexity index is 264. The molecule has 1 saturated carbocycles. The average Bonchev–Trinajstić information content (AvgIpc) is 2.47. The normalized spacial score (nSPS) is 31.4. The van der Waals surface area contributed by atoms with Crippen LogP contribution in [0.25, 0.3) is 0 Å². The van der Waals surface area contributed by atoms with Gasteiger partial charge >= 0.3 is 0 Å². The number of rotatable bonds is 6. The molecule has 2 rings (SSSR count). The Hall–Kier alpha value is -0.120. The van der Waals surface area contributed by atoms with Gasteiger partial charge in [-0.1, -0.05) is 33.1 Å². The van der Waals surface area contributed by atoms with Crippen LogP contribution in [0, 0.1) is 5.92 Å². The third-order valence-electron chi connectivity index (χ3n) is 5.14. The molecule has 3 heteroatoms. The van der Waals surface area contributed by atoms with Gasteiger partial charge in [0, 0.05) is 25.2 Å². The largest absolute Gasteiger partial charge is 0.393 e. The van der Waals surface area contributed by atoms with E-state index in [2.05, 4.69) is 24.1 Å². The van der Waals surface area contributed by atoms with E-state index >= 15 is 0 Å². The predicted octanol–water partition coefficient (Wildman–Crippen LogP) is 2.78. The lowest BCUT2D eigenvalue weighted by molar-refractivity contribution is 0.0327. The molecule has 3 nitrogen and oxygen atoms in total. The molecule has 0 radical (unpaired) electrons.